The molecule has 10 heteroatoms. The molecule has 5 rings (SSSR count). The number of hydrogen-bond acceptors (Lipinski definition) is 6. The summed E-state index contributed by atoms with van der Waals surface area (Å²) in [7, 11) is 1.63. The molecule has 0 unspecified atom stereocenters. The SMILES string of the molecule is Cc1csc(CN(C)C(=O)c2cc(C(=O)N[C@@H](Cc3ccccc3)[C@H](O)[C@H]3CCCN3)cc(-c3ccc(F)cc3F)c2)n1. The van der Waals surface area contributed by atoms with E-state index in [1.54, 1.807) is 7.05 Å². The highest BCUT2D eigenvalue weighted by Gasteiger charge is 2.31. The average Bonchev–Trinajstić information content (AvgIpc) is 3.68. The predicted molar refractivity (Wildman–Crippen MR) is 163 cm³/mol. The molecule has 0 bridgehead atoms. The lowest BCUT2D eigenvalue weighted by Gasteiger charge is -2.29. The van der Waals surface area contributed by atoms with Crippen LogP contribution < -0.4 is 10.6 Å². The number of benzene rings is 3. The summed E-state index contributed by atoms with van der Waals surface area (Å²) in [6.07, 6.45) is 1.24. The Balaban J connectivity index is 1.48. The monoisotopic (exact) mass is 604 g/mol. The lowest BCUT2D eigenvalue weighted by Crippen LogP contribution is -2.52. The van der Waals surface area contributed by atoms with Gasteiger partial charge in [-0.25, -0.2) is 13.8 Å². The van der Waals surface area contributed by atoms with Gasteiger partial charge in [0.15, 0.2) is 0 Å². The standard InChI is InChI=1S/C33H34F2N4O3S/c1-20-19-43-30(37-20)18-39(2)33(42)24-15-22(26-11-10-25(34)17-27(26)35)14-23(16-24)32(41)38-29(13-21-7-4-3-5-8-21)31(40)28-9-6-12-36-28/h3-5,7-8,10-11,14-17,19,28-29,31,36,40H,6,9,12-13,18H2,1-2H3,(H,38,41)/t28-,29+,31-/m1/s1. The van der Waals surface area contributed by atoms with Crippen molar-refractivity contribution in [1.82, 2.24) is 20.5 Å². The third kappa shape index (κ3) is 7.51. The number of carbonyl (C=O) groups excluding carboxylic acids is 2. The van der Waals surface area contributed by atoms with Crippen molar-refractivity contribution in [2.45, 2.75) is 50.9 Å². The van der Waals surface area contributed by atoms with Crippen LogP contribution in [0.5, 0.6) is 0 Å². The highest BCUT2D eigenvalue weighted by Crippen LogP contribution is 2.27. The van der Waals surface area contributed by atoms with Crippen LogP contribution >= 0.6 is 11.3 Å². The summed E-state index contributed by atoms with van der Waals surface area (Å²) in [5.41, 5.74) is 2.40. The van der Waals surface area contributed by atoms with Gasteiger partial charge < -0.3 is 20.6 Å². The van der Waals surface area contributed by atoms with E-state index in [9.17, 15) is 23.5 Å². The van der Waals surface area contributed by atoms with Gasteiger partial charge in [-0.15, -0.1) is 11.3 Å². The maximum absolute atomic E-state index is 14.9. The highest BCUT2D eigenvalue weighted by molar-refractivity contribution is 7.09. The van der Waals surface area contributed by atoms with E-state index in [2.05, 4.69) is 15.6 Å². The second kappa shape index (κ2) is 13.5. The van der Waals surface area contributed by atoms with E-state index in [1.807, 2.05) is 42.6 Å². The van der Waals surface area contributed by atoms with E-state index in [0.29, 0.717) is 6.42 Å². The molecule has 1 aliphatic heterocycles. The van der Waals surface area contributed by atoms with Gasteiger partial charge in [-0.3, -0.25) is 9.59 Å². The molecule has 0 aliphatic carbocycles. The van der Waals surface area contributed by atoms with E-state index in [1.165, 1.54) is 40.5 Å². The van der Waals surface area contributed by atoms with Crippen molar-refractivity contribution in [2.75, 3.05) is 13.6 Å². The summed E-state index contributed by atoms with van der Waals surface area (Å²) in [6, 6.07) is 16.4. The summed E-state index contributed by atoms with van der Waals surface area (Å²) in [5, 5.41) is 20.2. The highest BCUT2D eigenvalue weighted by atomic mass is 32.1. The van der Waals surface area contributed by atoms with Gasteiger partial charge in [0.25, 0.3) is 11.8 Å². The summed E-state index contributed by atoms with van der Waals surface area (Å²) < 4.78 is 28.6. The largest absolute Gasteiger partial charge is 0.389 e. The Morgan fingerprint density at radius 1 is 1.12 bits per heavy atom. The van der Waals surface area contributed by atoms with E-state index >= 15 is 0 Å². The normalized spacial score (nSPS) is 16.1. The second-order valence-electron chi connectivity index (χ2n) is 10.9. The van der Waals surface area contributed by atoms with Gasteiger partial charge in [0.2, 0.25) is 0 Å². The zero-order chi connectivity index (χ0) is 30.5. The first-order chi connectivity index (χ1) is 20.7. The number of amides is 2. The number of nitrogens with one attached hydrogen (secondary N) is 2. The smallest absolute Gasteiger partial charge is 0.254 e. The van der Waals surface area contributed by atoms with E-state index in [-0.39, 0.29) is 40.7 Å². The molecule has 43 heavy (non-hydrogen) atoms. The zero-order valence-corrected chi connectivity index (χ0v) is 24.8. The topological polar surface area (TPSA) is 94.6 Å². The Bertz CT molecular complexity index is 1590. The zero-order valence-electron chi connectivity index (χ0n) is 24.0. The van der Waals surface area contributed by atoms with Crippen LogP contribution in [0.1, 0.15) is 49.8 Å². The average molecular weight is 605 g/mol. The fourth-order valence-corrected chi connectivity index (χ4v) is 6.22. The molecule has 7 nitrogen and oxygen atoms in total. The molecule has 2 amide bonds. The Kier molecular flexibility index (Phi) is 9.59. The molecule has 3 N–H and O–H groups in total. The number of aryl methyl sites for hydroxylation is 1. The van der Waals surface area contributed by atoms with Gasteiger partial charge in [-0.1, -0.05) is 30.3 Å². The lowest BCUT2D eigenvalue weighted by atomic mass is 9.94. The molecule has 0 radical (unpaired) electrons. The maximum Gasteiger partial charge on any atom is 0.254 e. The van der Waals surface area contributed by atoms with Crippen LogP contribution in [0.25, 0.3) is 11.1 Å². The van der Waals surface area contributed by atoms with E-state index in [4.69, 9.17) is 0 Å². The number of thiazole rings is 1. The summed E-state index contributed by atoms with van der Waals surface area (Å²) in [6.45, 7) is 2.92. The van der Waals surface area contributed by atoms with Crippen molar-refractivity contribution < 1.29 is 23.5 Å². The number of carbonyl (C=O) groups is 2. The number of hydrogen-bond donors (Lipinski definition) is 3. The maximum atomic E-state index is 14.9. The van der Waals surface area contributed by atoms with Crippen molar-refractivity contribution in [3.8, 4) is 11.1 Å². The van der Waals surface area contributed by atoms with Crippen LogP contribution in [-0.4, -0.2) is 58.6 Å². The number of aliphatic hydroxyl groups is 1. The van der Waals surface area contributed by atoms with Crippen LogP contribution in [0.3, 0.4) is 0 Å². The van der Waals surface area contributed by atoms with Crippen molar-refractivity contribution in [3.63, 3.8) is 0 Å². The van der Waals surface area contributed by atoms with Crippen LogP contribution in [0.2, 0.25) is 0 Å². The van der Waals surface area contributed by atoms with Crippen molar-refractivity contribution >= 4 is 23.2 Å². The second-order valence-corrected chi connectivity index (χ2v) is 11.9. The molecule has 1 fully saturated rings. The lowest BCUT2D eigenvalue weighted by molar-refractivity contribution is 0.0737. The minimum Gasteiger partial charge on any atom is -0.389 e. The fourth-order valence-electron chi connectivity index (χ4n) is 5.39. The summed E-state index contributed by atoms with van der Waals surface area (Å²) in [5.74, 6) is -2.45. The van der Waals surface area contributed by atoms with Crippen molar-refractivity contribution in [1.29, 1.82) is 0 Å². The minimum absolute atomic E-state index is 0.0549. The number of nitrogens with zero attached hydrogens (tertiary/aromatic N) is 2. The first kappa shape index (κ1) is 30.5. The van der Waals surface area contributed by atoms with Gasteiger partial charge in [0.05, 0.1) is 18.7 Å². The molecule has 224 valence electrons. The number of halogens is 2. The molecule has 4 aromatic rings. The summed E-state index contributed by atoms with van der Waals surface area (Å²) in [4.78, 5) is 33.3. The molecule has 3 aromatic carbocycles. The van der Waals surface area contributed by atoms with Crippen LogP contribution in [0.15, 0.2) is 72.1 Å². The first-order valence-corrected chi connectivity index (χ1v) is 15.1. The molecule has 1 aromatic heterocycles. The predicted octanol–water partition coefficient (Wildman–Crippen LogP) is 5.12. The summed E-state index contributed by atoms with van der Waals surface area (Å²) >= 11 is 1.44. The van der Waals surface area contributed by atoms with Crippen LogP contribution in [-0.2, 0) is 13.0 Å². The van der Waals surface area contributed by atoms with Gasteiger partial charge in [0, 0.05) is 46.9 Å². The molecule has 0 spiro atoms. The first-order valence-electron chi connectivity index (χ1n) is 14.2. The van der Waals surface area contributed by atoms with E-state index in [0.717, 1.165) is 47.8 Å². The van der Waals surface area contributed by atoms with Gasteiger partial charge in [-0.2, -0.15) is 0 Å². The van der Waals surface area contributed by atoms with Crippen molar-refractivity contribution in [3.05, 3.63) is 111 Å². The third-order valence-electron chi connectivity index (χ3n) is 7.61. The van der Waals surface area contributed by atoms with Crippen molar-refractivity contribution in [2.24, 2.45) is 0 Å². The number of aromatic nitrogens is 1. The minimum atomic E-state index is -0.863. The number of aliphatic hydroxyl groups excluding tert-OH is 1. The molecular weight excluding hydrogens is 570 g/mol. The van der Waals surface area contributed by atoms with E-state index < -0.39 is 29.7 Å². The molecular formula is C33H34F2N4O3S. The van der Waals surface area contributed by atoms with Gasteiger partial charge in [0.1, 0.15) is 16.6 Å². The van der Waals surface area contributed by atoms with Gasteiger partial charge >= 0.3 is 0 Å². The van der Waals surface area contributed by atoms with Gasteiger partial charge in [-0.05, 0) is 74.2 Å². The molecule has 0 saturated carbocycles. The third-order valence-corrected chi connectivity index (χ3v) is 8.56. The Morgan fingerprint density at radius 3 is 2.56 bits per heavy atom. The number of rotatable bonds is 10. The molecule has 1 aliphatic rings. The van der Waals surface area contributed by atoms with Crippen LogP contribution in [0, 0.1) is 18.6 Å². The Morgan fingerprint density at radius 2 is 1.88 bits per heavy atom. The van der Waals surface area contributed by atoms with Crippen LogP contribution in [0.4, 0.5) is 8.78 Å². The molecule has 1 saturated heterocycles. The Labute approximate surface area is 253 Å². The molecule has 3 atom stereocenters. The molecule has 2 heterocycles. The quantitative estimate of drug-likeness (QED) is 0.234. The Hall–Kier alpha value is -3.99. The fraction of sp³-hybridized carbons (Fsp3) is 0.303.